The molecule has 1 aromatic rings. The Hall–Kier alpha value is -1.64. The third kappa shape index (κ3) is 1.82. The van der Waals surface area contributed by atoms with Crippen molar-refractivity contribution in [3.05, 3.63) is 34.9 Å². The van der Waals surface area contributed by atoms with E-state index in [1.54, 1.807) is 0 Å². The lowest BCUT2D eigenvalue weighted by Gasteiger charge is -2.12. The molecule has 0 heterocycles. The highest BCUT2D eigenvalue weighted by atomic mass is 16.4. The van der Waals surface area contributed by atoms with Gasteiger partial charge < -0.3 is 9.90 Å². The third-order valence-electron chi connectivity index (χ3n) is 2.26. The van der Waals surface area contributed by atoms with Gasteiger partial charge in [0.2, 0.25) is 0 Å². The summed E-state index contributed by atoms with van der Waals surface area (Å²) in [5.74, 6) is -2.14. The van der Waals surface area contributed by atoms with Crippen LogP contribution in [0.25, 0.3) is 0 Å². The zero-order chi connectivity index (χ0) is 10.7. The van der Waals surface area contributed by atoms with Crippen molar-refractivity contribution in [2.75, 3.05) is 0 Å². The van der Waals surface area contributed by atoms with Crippen LogP contribution in [0.5, 0.6) is 0 Å². The van der Waals surface area contributed by atoms with Gasteiger partial charge in [0.15, 0.2) is 0 Å². The van der Waals surface area contributed by atoms with E-state index in [1.807, 2.05) is 32.0 Å². The summed E-state index contributed by atoms with van der Waals surface area (Å²) in [5, 5.41) is 8.84. The van der Waals surface area contributed by atoms with Gasteiger partial charge in [0.1, 0.15) is 12.2 Å². The molecule has 1 rings (SSSR count). The third-order valence-corrected chi connectivity index (χ3v) is 2.26. The number of hydrogen-bond acceptors (Lipinski definition) is 2. The maximum Gasteiger partial charge on any atom is 0.318 e. The second-order valence-corrected chi connectivity index (χ2v) is 3.26. The van der Waals surface area contributed by atoms with Crippen LogP contribution < -0.4 is 0 Å². The maximum absolute atomic E-state index is 10.8. The molecule has 0 radical (unpaired) electrons. The second kappa shape index (κ2) is 4.05. The Kier molecular flexibility index (Phi) is 3.02. The molecule has 0 saturated heterocycles. The maximum atomic E-state index is 10.8. The summed E-state index contributed by atoms with van der Waals surface area (Å²) >= 11 is 0. The predicted molar refractivity (Wildman–Crippen MR) is 52.4 cm³/mol. The first-order valence-corrected chi connectivity index (χ1v) is 4.32. The molecular formula is C11H12O3. The molecular weight excluding hydrogens is 180 g/mol. The van der Waals surface area contributed by atoms with Crippen molar-refractivity contribution in [1.29, 1.82) is 0 Å². The average Bonchev–Trinajstić information content (AvgIpc) is 2.10. The van der Waals surface area contributed by atoms with Crippen molar-refractivity contribution in [3.63, 3.8) is 0 Å². The molecule has 1 atom stereocenters. The normalized spacial score (nSPS) is 12.1. The molecule has 74 valence electrons. The highest BCUT2D eigenvalue weighted by molar-refractivity contribution is 5.93. The van der Waals surface area contributed by atoms with E-state index in [-0.39, 0.29) is 0 Å². The summed E-state index contributed by atoms with van der Waals surface area (Å²) in [7, 11) is 0. The van der Waals surface area contributed by atoms with Crippen molar-refractivity contribution in [2.45, 2.75) is 19.8 Å². The molecule has 1 N–H and O–H groups in total. The van der Waals surface area contributed by atoms with E-state index < -0.39 is 11.9 Å². The molecule has 0 spiro atoms. The van der Waals surface area contributed by atoms with Crippen molar-refractivity contribution >= 4 is 12.3 Å². The topological polar surface area (TPSA) is 54.4 Å². The quantitative estimate of drug-likeness (QED) is 0.585. The van der Waals surface area contributed by atoms with E-state index in [2.05, 4.69) is 0 Å². The molecule has 0 aliphatic carbocycles. The summed E-state index contributed by atoms with van der Waals surface area (Å²) in [6.45, 7) is 3.61. The van der Waals surface area contributed by atoms with Crippen LogP contribution in [-0.4, -0.2) is 17.4 Å². The number of carboxylic acid groups (broad SMARTS) is 1. The number of rotatable bonds is 3. The van der Waals surface area contributed by atoms with Crippen LogP contribution in [0.4, 0.5) is 0 Å². The molecule has 3 heteroatoms. The van der Waals surface area contributed by atoms with Gasteiger partial charge in [0.25, 0.3) is 0 Å². The SMILES string of the molecule is Cc1cccc(C)c1C(C=O)C(=O)O. The minimum absolute atomic E-state index is 0.470. The summed E-state index contributed by atoms with van der Waals surface area (Å²) in [6.07, 6.45) is 0.470. The summed E-state index contributed by atoms with van der Waals surface area (Å²) in [5.41, 5.74) is 2.28. The molecule has 0 aliphatic rings. The number of aryl methyl sites for hydroxylation is 2. The zero-order valence-electron chi connectivity index (χ0n) is 8.15. The minimum Gasteiger partial charge on any atom is -0.480 e. The monoisotopic (exact) mass is 192 g/mol. The van der Waals surface area contributed by atoms with Crippen molar-refractivity contribution in [3.8, 4) is 0 Å². The van der Waals surface area contributed by atoms with Gasteiger partial charge in [-0.1, -0.05) is 18.2 Å². The van der Waals surface area contributed by atoms with Gasteiger partial charge >= 0.3 is 5.97 Å². The number of benzene rings is 1. The molecule has 3 nitrogen and oxygen atoms in total. The molecule has 1 aromatic carbocycles. The second-order valence-electron chi connectivity index (χ2n) is 3.26. The fourth-order valence-corrected chi connectivity index (χ4v) is 1.57. The molecule has 1 unspecified atom stereocenters. The van der Waals surface area contributed by atoms with Gasteiger partial charge in [-0.15, -0.1) is 0 Å². The Morgan fingerprint density at radius 3 is 2.21 bits per heavy atom. The van der Waals surface area contributed by atoms with Crippen molar-refractivity contribution < 1.29 is 14.7 Å². The lowest BCUT2D eigenvalue weighted by atomic mass is 9.92. The Morgan fingerprint density at radius 1 is 1.36 bits per heavy atom. The lowest BCUT2D eigenvalue weighted by molar-refractivity contribution is -0.140. The standard InChI is InChI=1S/C11H12O3/c1-7-4-3-5-8(2)10(7)9(6-12)11(13)14/h3-6,9H,1-2H3,(H,13,14). The van der Waals surface area contributed by atoms with Crippen LogP contribution in [-0.2, 0) is 9.59 Å². The first-order valence-electron chi connectivity index (χ1n) is 4.32. The summed E-state index contributed by atoms with van der Waals surface area (Å²) in [6, 6.07) is 5.46. The Bertz CT molecular complexity index is 349. The van der Waals surface area contributed by atoms with Gasteiger partial charge in [0, 0.05) is 0 Å². The van der Waals surface area contributed by atoms with Gasteiger partial charge in [-0.05, 0) is 30.5 Å². The molecule has 0 saturated carbocycles. The fourth-order valence-electron chi connectivity index (χ4n) is 1.57. The first kappa shape index (κ1) is 10.4. The minimum atomic E-state index is -1.10. The van der Waals surface area contributed by atoms with Gasteiger partial charge in [-0.2, -0.15) is 0 Å². The van der Waals surface area contributed by atoms with Gasteiger partial charge in [-0.25, -0.2) is 0 Å². The van der Waals surface area contributed by atoms with E-state index in [0.29, 0.717) is 11.8 Å². The van der Waals surface area contributed by atoms with E-state index in [1.165, 1.54) is 0 Å². The average molecular weight is 192 g/mol. The Labute approximate surface area is 82.4 Å². The van der Waals surface area contributed by atoms with Crippen molar-refractivity contribution in [2.24, 2.45) is 0 Å². The molecule has 0 amide bonds. The Morgan fingerprint density at radius 2 is 1.86 bits per heavy atom. The largest absolute Gasteiger partial charge is 0.480 e. The highest BCUT2D eigenvalue weighted by Gasteiger charge is 2.22. The van der Waals surface area contributed by atoms with Crippen LogP contribution in [0.2, 0.25) is 0 Å². The first-order chi connectivity index (χ1) is 6.57. The van der Waals surface area contributed by atoms with Crippen LogP contribution in [0, 0.1) is 13.8 Å². The van der Waals surface area contributed by atoms with Crippen LogP contribution in [0.3, 0.4) is 0 Å². The van der Waals surface area contributed by atoms with Crippen molar-refractivity contribution in [1.82, 2.24) is 0 Å². The Balaban J connectivity index is 3.28. The predicted octanol–water partition coefficient (Wildman–Crippen LogP) is 1.67. The number of hydrogen-bond donors (Lipinski definition) is 1. The number of carbonyl (C=O) groups is 2. The van der Waals surface area contributed by atoms with Crippen LogP contribution >= 0.6 is 0 Å². The zero-order valence-corrected chi connectivity index (χ0v) is 8.15. The highest BCUT2D eigenvalue weighted by Crippen LogP contribution is 2.22. The van der Waals surface area contributed by atoms with Gasteiger partial charge in [0.05, 0.1) is 0 Å². The summed E-state index contributed by atoms with van der Waals surface area (Å²) in [4.78, 5) is 21.5. The smallest absolute Gasteiger partial charge is 0.318 e. The number of carbonyl (C=O) groups excluding carboxylic acids is 1. The van der Waals surface area contributed by atoms with Gasteiger partial charge in [-0.3, -0.25) is 4.79 Å². The summed E-state index contributed by atoms with van der Waals surface area (Å²) < 4.78 is 0. The number of aliphatic carboxylic acids is 1. The van der Waals surface area contributed by atoms with E-state index in [0.717, 1.165) is 11.1 Å². The molecule has 0 fully saturated rings. The molecule has 0 aromatic heterocycles. The number of carboxylic acids is 1. The van der Waals surface area contributed by atoms with Crippen LogP contribution in [0.1, 0.15) is 22.6 Å². The molecule has 0 bridgehead atoms. The van der Waals surface area contributed by atoms with E-state index in [4.69, 9.17) is 5.11 Å². The lowest BCUT2D eigenvalue weighted by Crippen LogP contribution is -2.15. The van der Waals surface area contributed by atoms with Crippen LogP contribution in [0.15, 0.2) is 18.2 Å². The van der Waals surface area contributed by atoms with E-state index in [9.17, 15) is 9.59 Å². The molecule has 14 heavy (non-hydrogen) atoms. The van der Waals surface area contributed by atoms with E-state index >= 15 is 0 Å². The number of aldehydes is 1. The fraction of sp³-hybridized carbons (Fsp3) is 0.273. The molecule has 0 aliphatic heterocycles.